The SMILES string of the molecule is Cc1cc(C)nc(OC2CCC(NC(=O)Nc3ccccc3)CC2)n1. The molecular formula is C19H24N4O2. The van der Waals surface area contributed by atoms with Crippen molar-refractivity contribution in [3.8, 4) is 6.01 Å². The van der Waals surface area contributed by atoms with Gasteiger partial charge in [-0.1, -0.05) is 18.2 Å². The molecule has 1 heterocycles. The number of anilines is 1. The van der Waals surface area contributed by atoms with Gasteiger partial charge in [0, 0.05) is 23.1 Å². The fraction of sp³-hybridized carbons (Fsp3) is 0.421. The van der Waals surface area contributed by atoms with Crippen LogP contribution in [-0.4, -0.2) is 28.1 Å². The number of para-hydroxylation sites is 1. The highest BCUT2D eigenvalue weighted by atomic mass is 16.5. The lowest BCUT2D eigenvalue weighted by Gasteiger charge is -2.29. The Balaban J connectivity index is 1.44. The number of carbonyl (C=O) groups is 1. The number of hydrogen-bond acceptors (Lipinski definition) is 4. The second-order valence-electron chi connectivity index (χ2n) is 6.49. The molecule has 1 aromatic heterocycles. The summed E-state index contributed by atoms with van der Waals surface area (Å²) < 4.78 is 5.92. The quantitative estimate of drug-likeness (QED) is 0.891. The zero-order chi connectivity index (χ0) is 17.6. The first-order valence-corrected chi connectivity index (χ1v) is 8.70. The zero-order valence-corrected chi connectivity index (χ0v) is 14.7. The summed E-state index contributed by atoms with van der Waals surface area (Å²) >= 11 is 0. The fourth-order valence-electron chi connectivity index (χ4n) is 3.09. The monoisotopic (exact) mass is 340 g/mol. The molecule has 0 aliphatic heterocycles. The van der Waals surface area contributed by atoms with E-state index in [1.165, 1.54) is 0 Å². The van der Waals surface area contributed by atoms with Crippen molar-refractivity contribution in [2.24, 2.45) is 0 Å². The molecule has 0 radical (unpaired) electrons. The molecule has 0 unspecified atom stereocenters. The number of aromatic nitrogens is 2. The predicted molar refractivity (Wildman–Crippen MR) is 96.8 cm³/mol. The van der Waals surface area contributed by atoms with Crippen LogP contribution in [0.5, 0.6) is 6.01 Å². The van der Waals surface area contributed by atoms with Crippen LogP contribution in [0, 0.1) is 13.8 Å². The van der Waals surface area contributed by atoms with Crippen molar-refractivity contribution < 1.29 is 9.53 Å². The molecular weight excluding hydrogens is 316 g/mol. The standard InChI is InChI=1S/C19H24N4O2/c1-13-12-14(2)21-19(20-13)25-17-10-8-16(9-11-17)23-18(24)22-15-6-4-3-5-7-15/h3-7,12,16-17H,8-11H2,1-2H3,(H2,22,23,24). The van der Waals surface area contributed by atoms with Crippen LogP contribution < -0.4 is 15.4 Å². The first-order valence-electron chi connectivity index (χ1n) is 8.70. The van der Waals surface area contributed by atoms with Gasteiger partial charge in [0.25, 0.3) is 0 Å². The summed E-state index contributed by atoms with van der Waals surface area (Å²) in [5.74, 6) is 0. The fourth-order valence-corrected chi connectivity index (χ4v) is 3.09. The summed E-state index contributed by atoms with van der Waals surface area (Å²) in [4.78, 5) is 20.7. The molecule has 0 bridgehead atoms. The summed E-state index contributed by atoms with van der Waals surface area (Å²) in [5.41, 5.74) is 2.62. The third kappa shape index (κ3) is 5.17. The Labute approximate surface area is 148 Å². The highest BCUT2D eigenvalue weighted by Crippen LogP contribution is 2.22. The molecule has 6 nitrogen and oxygen atoms in total. The molecule has 132 valence electrons. The van der Waals surface area contributed by atoms with Gasteiger partial charge in [0.05, 0.1) is 0 Å². The third-order valence-electron chi connectivity index (χ3n) is 4.27. The van der Waals surface area contributed by atoms with Crippen LogP contribution >= 0.6 is 0 Å². The molecule has 3 rings (SSSR count). The minimum atomic E-state index is -0.159. The molecule has 1 aliphatic rings. The normalized spacial score (nSPS) is 19.9. The van der Waals surface area contributed by atoms with Crippen molar-refractivity contribution in [3.63, 3.8) is 0 Å². The molecule has 2 aromatic rings. The van der Waals surface area contributed by atoms with E-state index in [1.807, 2.05) is 50.2 Å². The van der Waals surface area contributed by atoms with Gasteiger partial charge in [0.15, 0.2) is 0 Å². The van der Waals surface area contributed by atoms with Gasteiger partial charge in [-0.15, -0.1) is 0 Å². The molecule has 1 aromatic carbocycles. The van der Waals surface area contributed by atoms with Crippen LogP contribution in [0.3, 0.4) is 0 Å². The number of ether oxygens (including phenoxy) is 1. The van der Waals surface area contributed by atoms with Crippen molar-refractivity contribution in [2.75, 3.05) is 5.32 Å². The molecule has 25 heavy (non-hydrogen) atoms. The van der Waals surface area contributed by atoms with E-state index in [0.29, 0.717) is 6.01 Å². The topological polar surface area (TPSA) is 76.1 Å². The minimum absolute atomic E-state index is 0.108. The van der Waals surface area contributed by atoms with Gasteiger partial charge in [-0.3, -0.25) is 0 Å². The lowest BCUT2D eigenvalue weighted by molar-refractivity contribution is 0.129. The number of carbonyl (C=O) groups excluding carboxylic acids is 1. The number of nitrogens with zero attached hydrogens (tertiary/aromatic N) is 2. The highest BCUT2D eigenvalue weighted by Gasteiger charge is 2.24. The third-order valence-corrected chi connectivity index (χ3v) is 4.27. The largest absolute Gasteiger partial charge is 0.460 e. The molecule has 0 saturated heterocycles. The van der Waals surface area contributed by atoms with Crippen LogP contribution in [0.15, 0.2) is 36.4 Å². The van der Waals surface area contributed by atoms with Crippen LogP contribution in [0.2, 0.25) is 0 Å². The van der Waals surface area contributed by atoms with E-state index >= 15 is 0 Å². The Morgan fingerprint density at radius 2 is 1.68 bits per heavy atom. The second kappa shape index (κ2) is 7.96. The number of aryl methyl sites for hydroxylation is 2. The molecule has 1 saturated carbocycles. The zero-order valence-electron chi connectivity index (χ0n) is 14.7. The molecule has 6 heteroatoms. The number of amides is 2. The molecule has 1 aliphatic carbocycles. The Morgan fingerprint density at radius 3 is 2.32 bits per heavy atom. The minimum Gasteiger partial charge on any atom is -0.460 e. The Bertz CT molecular complexity index is 692. The maximum atomic E-state index is 12.1. The summed E-state index contributed by atoms with van der Waals surface area (Å²) in [7, 11) is 0. The van der Waals surface area contributed by atoms with Gasteiger partial charge in [-0.25, -0.2) is 14.8 Å². The van der Waals surface area contributed by atoms with Crippen molar-refractivity contribution in [1.82, 2.24) is 15.3 Å². The average Bonchev–Trinajstić information content (AvgIpc) is 2.56. The van der Waals surface area contributed by atoms with E-state index in [1.54, 1.807) is 0 Å². The lowest BCUT2D eigenvalue weighted by Crippen LogP contribution is -2.41. The number of benzene rings is 1. The number of rotatable bonds is 4. The first kappa shape index (κ1) is 17.2. The molecule has 0 atom stereocenters. The van der Waals surface area contributed by atoms with E-state index in [9.17, 15) is 4.79 Å². The molecule has 2 N–H and O–H groups in total. The second-order valence-corrected chi connectivity index (χ2v) is 6.49. The maximum absolute atomic E-state index is 12.1. The Kier molecular flexibility index (Phi) is 5.48. The summed E-state index contributed by atoms with van der Waals surface area (Å²) in [6, 6.07) is 11.8. The van der Waals surface area contributed by atoms with E-state index in [4.69, 9.17) is 4.74 Å². The summed E-state index contributed by atoms with van der Waals surface area (Å²) in [5, 5.41) is 5.88. The Hall–Kier alpha value is -2.63. The van der Waals surface area contributed by atoms with Gasteiger partial charge < -0.3 is 15.4 Å². The van der Waals surface area contributed by atoms with E-state index in [-0.39, 0.29) is 18.2 Å². The molecule has 2 amide bonds. The van der Waals surface area contributed by atoms with Crippen molar-refractivity contribution in [2.45, 2.75) is 51.7 Å². The van der Waals surface area contributed by atoms with Crippen LogP contribution in [0.25, 0.3) is 0 Å². The van der Waals surface area contributed by atoms with Gasteiger partial charge in [0.1, 0.15) is 6.10 Å². The van der Waals surface area contributed by atoms with E-state index in [0.717, 1.165) is 42.8 Å². The molecule has 1 fully saturated rings. The van der Waals surface area contributed by atoms with E-state index < -0.39 is 0 Å². The van der Waals surface area contributed by atoms with Crippen LogP contribution in [-0.2, 0) is 0 Å². The van der Waals surface area contributed by atoms with Gasteiger partial charge >= 0.3 is 12.0 Å². The van der Waals surface area contributed by atoms with Gasteiger partial charge in [-0.2, -0.15) is 0 Å². The average molecular weight is 340 g/mol. The Morgan fingerprint density at radius 1 is 1.04 bits per heavy atom. The first-order chi connectivity index (χ1) is 12.1. The smallest absolute Gasteiger partial charge is 0.319 e. The molecule has 0 spiro atoms. The highest BCUT2D eigenvalue weighted by molar-refractivity contribution is 5.89. The number of hydrogen-bond donors (Lipinski definition) is 2. The van der Waals surface area contributed by atoms with Crippen molar-refractivity contribution in [3.05, 3.63) is 47.8 Å². The van der Waals surface area contributed by atoms with Crippen LogP contribution in [0.1, 0.15) is 37.1 Å². The predicted octanol–water partition coefficient (Wildman–Crippen LogP) is 3.61. The van der Waals surface area contributed by atoms with Gasteiger partial charge in [-0.05, 0) is 57.7 Å². The maximum Gasteiger partial charge on any atom is 0.319 e. The number of urea groups is 1. The van der Waals surface area contributed by atoms with Gasteiger partial charge in [0.2, 0.25) is 0 Å². The van der Waals surface area contributed by atoms with E-state index in [2.05, 4.69) is 20.6 Å². The van der Waals surface area contributed by atoms with Crippen molar-refractivity contribution in [1.29, 1.82) is 0 Å². The van der Waals surface area contributed by atoms with Crippen molar-refractivity contribution >= 4 is 11.7 Å². The van der Waals surface area contributed by atoms with Crippen LogP contribution in [0.4, 0.5) is 10.5 Å². The number of nitrogens with one attached hydrogen (secondary N) is 2. The summed E-state index contributed by atoms with van der Waals surface area (Å²) in [6.45, 7) is 3.88. The lowest BCUT2D eigenvalue weighted by atomic mass is 9.93. The summed E-state index contributed by atoms with van der Waals surface area (Å²) in [6.07, 6.45) is 3.64.